The zero-order chi connectivity index (χ0) is 12.0. The molecule has 0 saturated carbocycles. The minimum absolute atomic E-state index is 0.0938. The van der Waals surface area contributed by atoms with Gasteiger partial charge in [-0.1, -0.05) is 31.9 Å². The highest BCUT2D eigenvalue weighted by Gasteiger charge is 2.06. The SMILES string of the molecule is O=c1c2cc(Br)ccc2sc2ccc(Br)cc12. The molecule has 3 aromatic rings. The molecule has 17 heavy (non-hydrogen) atoms. The minimum atomic E-state index is 0.0938. The third-order valence-electron chi connectivity index (χ3n) is 2.59. The van der Waals surface area contributed by atoms with E-state index in [0.717, 1.165) is 29.1 Å². The van der Waals surface area contributed by atoms with E-state index in [9.17, 15) is 4.79 Å². The predicted octanol–water partition coefficient (Wildman–Crippen LogP) is 4.94. The molecule has 1 heterocycles. The van der Waals surface area contributed by atoms with Crippen LogP contribution in [0, 0.1) is 0 Å². The van der Waals surface area contributed by atoms with Crippen LogP contribution in [0.2, 0.25) is 0 Å². The maximum atomic E-state index is 12.4. The zero-order valence-corrected chi connectivity index (χ0v) is 12.5. The summed E-state index contributed by atoms with van der Waals surface area (Å²) in [6.45, 7) is 0. The molecule has 84 valence electrons. The van der Waals surface area contributed by atoms with Crippen LogP contribution in [0.4, 0.5) is 0 Å². The van der Waals surface area contributed by atoms with Gasteiger partial charge >= 0.3 is 0 Å². The Labute approximate surface area is 118 Å². The van der Waals surface area contributed by atoms with Crippen molar-refractivity contribution in [1.82, 2.24) is 0 Å². The van der Waals surface area contributed by atoms with Crippen LogP contribution >= 0.6 is 43.2 Å². The molecule has 1 aromatic heterocycles. The van der Waals surface area contributed by atoms with Crippen molar-refractivity contribution in [2.24, 2.45) is 0 Å². The maximum Gasteiger partial charge on any atom is 0.195 e. The second-order valence-corrected chi connectivity index (χ2v) is 6.63. The van der Waals surface area contributed by atoms with Crippen molar-refractivity contribution in [2.45, 2.75) is 0 Å². The summed E-state index contributed by atoms with van der Waals surface area (Å²) in [5.74, 6) is 0. The highest BCUT2D eigenvalue weighted by atomic mass is 79.9. The smallest absolute Gasteiger partial charge is 0.195 e. The van der Waals surface area contributed by atoms with Gasteiger partial charge in [-0.3, -0.25) is 4.79 Å². The van der Waals surface area contributed by atoms with E-state index in [4.69, 9.17) is 0 Å². The van der Waals surface area contributed by atoms with Crippen molar-refractivity contribution in [3.63, 3.8) is 0 Å². The predicted molar refractivity (Wildman–Crippen MR) is 81.0 cm³/mol. The van der Waals surface area contributed by atoms with Gasteiger partial charge in [0, 0.05) is 29.1 Å². The normalized spacial score (nSPS) is 11.2. The zero-order valence-electron chi connectivity index (χ0n) is 8.54. The standard InChI is InChI=1S/C13H6Br2OS/c14-7-1-3-11-9(5-7)13(16)10-6-8(15)2-4-12(10)17-11/h1-6H. The number of hydrogen-bond acceptors (Lipinski definition) is 2. The fourth-order valence-electron chi connectivity index (χ4n) is 1.80. The Morgan fingerprint density at radius 2 is 1.29 bits per heavy atom. The van der Waals surface area contributed by atoms with Gasteiger partial charge in [-0.15, -0.1) is 11.3 Å². The van der Waals surface area contributed by atoms with Gasteiger partial charge in [0.25, 0.3) is 0 Å². The van der Waals surface area contributed by atoms with Crippen molar-refractivity contribution in [3.05, 3.63) is 55.6 Å². The molecule has 1 nitrogen and oxygen atoms in total. The Morgan fingerprint density at radius 1 is 0.824 bits per heavy atom. The molecule has 0 unspecified atom stereocenters. The van der Waals surface area contributed by atoms with Crippen LogP contribution in [-0.4, -0.2) is 0 Å². The first kappa shape index (κ1) is 11.4. The van der Waals surface area contributed by atoms with Gasteiger partial charge in [0.2, 0.25) is 0 Å². The quantitative estimate of drug-likeness (QED) is 0.513. The van der Waals surface area contributed by atoms with Crippen LogP contribution in [0.25, 0.3) is 20.2 Å². The lowest BCUT2D eigenvalue weighted by atomic mass is 10.2. The number of hydrogen-bond donors (Lipinski definition) is 0. The Morgan fingerprint density at radius 3 is 1.76 bits per heavy atom. The van der Waals surface area contributed by atoms with Crippen LogP contribution < -0.4 is 5.43 Å². The van der Waals surface area contributed by atoms with E-state index in [1.807, 2.05) is 36.4 Å². The molecular formula is C13H6Br2OS. The second kappa shape index (κ2) is 4.19. The molecule has 0 N–H and O–H groups in total. The minimum Gasteiger partial charge on any atom is -0.289 e. The molecule has 4 heteroatoms. The molecular weight excluding hydrogens is 364 g/mol. The first-order valence-electron chi connectivity index (χ1n) is 4.97. The van der Waals surface area contributed by atoms with Crippen LogP contribution in [0.5, 0.6) is 0 Å². The summed E-state index contributed by atoms with van der Waals surface area (Å²) < 4.78 is 3.91. The van der Waals surface area contributed by atoms with Gasteiger partial charge in [0.05, 0.1) is 0 Å². The van der Waals surface area contributed by atoms with Crippen LogP contribution in [0.3, 0.4) is 0 Å². The van der Waals surface area contributed by atoms with Crippen molar-refractivity contribution in [2.75, 3.05) is 0 Å². The summed E-state index contributed by atoms with van der Waals surface area (Å²) in [5.41, 5.74) is 0.0938. The Kier molecular flexibility index (Phi) is 2.81. The molecule has 3 rings (SSSR count). The van der Waals surface area contributed by atoms with Gasteiger partial charge in [-0.05, 0) is 36.4 Å². The number of rotatable bonds is 0. The molecule has 0 bridgehead atoms. The second-order valence-electron chi connectivity index (χ2n) is 3.71. The molecule has 2 aromatic carbocycles. The maximum absolute atomic E-state index is 12.4. The summed E-state index contributed by atoms with van der Waals surface area (Å²) >= 11 is 8.44. The summed E-state index contributed by atoms with van der Waals surface area (Å²) in [6.07, 6.45) is 0. The largest absolute Gasteiger partial charge is 0.289 e. The van der Waals surface area contributed by atoms with E-state index >= 15 is 0 Å². The molecule has 0 aliphatic carbocycles. The van der Waals surface area contributed by atoms with E-state index in [1.54, 1.807) is 11.3 Å². The lowest BCUT2D eigenvalue weighted by Crippen LogP contribution is -2.00. The van der Waals surface area contributed by atoms with Gasteiger partial charge in [-0.25, -0.2) is 0 Å². The average Bonchev–Trinajstić information content (AvgIpc) is 2.32. The van der Waals surface area contributed by atoms with Gasteiger partial charge < -0.3 is 0 Å². The summed E-state index contributed by atoms with van der Waals surface area (Å²) in [4.78, 5) is 12.4. The van der Waals surface area contributed by atoms with E-state index in [0.29, 0.717) is 0 Å². The summed E-state index contributed by atoms with van der Waals surface area (Å²) in [7, 11) is 0. The fraction of sp³-hybridized carbons (Fsp3) is 0. The van der Waals surface area contributed by atoms with Crippen molar-refractivity contribution in [1.29, 1.82) is 0 Å². The number of halogens is 2. The molecule has 0 aliphatic rings. The van der Waals surface area contributed by atoms with E-state index in [-0.39, 0.29) is 5.43 Å². The summed E-state index contributed by atoms with van der Waals surface area (Å²) in [6, 6.07) is 11.6. The molecule has 0 radical (unpaired) electrons. The monoisotopic (exact) mass is 368 g/mol. The lowest BCUT2D eigenvalue weighted by molar-refractivity contribution is 1.69. The van der Waals surface area contributed by atoms with E-state index in [1.165, 1.54) is 0 Å². The van der Waals surface area contributed by atoms with Gasteiger partial charge in [0.1, 0.15) is 0 Å². The van der Waals surface area contributed by atoms with E-state index < -0.39 is 0 Å². The van der Waals surface area contributed by atoms with Crippen LogP contribution in [0.15, 0.2) is 50.1 Å². The number of benzene rings is 2. The van der Waals surface area contributed by atoms with Crippen molar-refractivity contribution >= 4 is 63.4 Å². The fourth-order valence-corrected chi connectivity index (χ4v) is 3.56. The molecule has 0 atom stereocenters. The topological polar surface area (TPSA) is 17.1 Å². The first-order valence-corrected chi connectivity index (χ1v) is 7.37. The third-order valence-corrected chi connectivity index (χ3v) is 4.73. The Hall–Kier alpha value is -0.710. The Balaban J connectivity index is 2.58. The van der Waals surface area contributed by atoms with Crippen LogP contribution in [0.1, 0.15) is 0 Å². The van der Waals surface area contributed by atoms with Crippen molar-refractivity contribution < 1.29 is 0 Å². The highest BCUT2D eigenvalue weighted by Crippen LogP contribution is 2.28. The van der Waals surface area contributed by atoms with E-state index in [2.05, 4.69) is 31.9 Å². The summed E-state index contributed by atoms with van der Waals surface area (Å²) in [5, 5.41) is 1.55. The Bertz CT molecular complexity index is 729. The molecule has 0 fully saturated rings. The van der Waals surface area contributed by atoms with Crippen LogP contribution in [-0.2, 0) is 0 Å². The highest BCUT2D eigenvalue weighted by molar-refractivity contribution is 9.10. The van der Waals surface area contributed by atoms with Crippen molar-refractivity contribution in [3.8, 4) is 0 Å². The lowest BCUT2D eigenvalue weighted by Gasteiger charge is -2.01. The molecule has 0 aliphatic heterocycles. The van der Waals surface area contributed by atoms with Gasteiger partial charge in [-0.2, -0.15) is 0 Å². The molecule has 0 saturated heterocycles. The molecule has 0 amide bonds. The van der Waals surface area contributed by atoms with Gasteiger partial charge in [0.15, 0.2) is 5.43 Å². The first-order chi connectivity index (χ1) is 8.15. The third kappa shape index (κ3) is 1.94. The number of fused-ring (bicyclic) bond motifs is 2. The molecule has 0 spiro atoms. The average molecular weight is 370 g/mol.